The van der Waals surface area contributed by atoms with Crippen molar-refractivity contribution in [3.8, 4) is 0 Å². The number of benzene rings is 2. The number of rotatable bonds is 3. The van der Waals surface area contributed by atoms with Crippen LogP contribution in [0.3, 0.4) is 0 Å². The van der Waals surface area contributed by atoms with Crippen LogP contribution in [-0.2, 0) is 0 Å². The summed E-state index contributed by atoms with van der Waals surface area (Å²) in [7, 11) is 0. The highest BCUT2D eigenvalue weighted by Gasteiger charge is 2.32. The third-order valence-electron chi connectivity index (χ3n) is 4.70. The zero-order chi connectivity index (χ0) is 15.6. The van der Waals surface area contributed by atoms with Gasteiger partial charge in [0.15, 0.2) is 0 Å². The van der Waals surface area contributed by atoms with Crippen LogP contribution in [0.5, 0.6) is 0 Å². The molecule has 114 valence electrons. The highest BCUT2D eigenvalue weighted by atomic mass is 16.2. The van der Waals surface area contributed by atoms with Crippen LogP contribution in [0.4, 0.5) is 0 Å². The number of fused-ring (bicyclic) bond motifs is 1. The molecule has 1 heterocycles. The summed E-state index contributed by atoms with van der Waals surface area (Å²) in [6.45, 7) is 7.80. The molecule has 0 saturated carbocycles. The molecule has 0 radical (unpaired) electrons. The fourth-order valence-corrected chi connectivity index (χ4v) is 3.51. The Morgan fingerprint density at radius 3 is 2.82 bits per heavy atom. The quantitative estimate of drug-likeness (QED) is 0.754. The van der Waals surface area contributed by atoms with Crippen molar-refractivity contribution in [2.45, 2.75) is 26.2 Å². The van der Waals surface area contributed by atoms with Crippen molar-refractivity contribution >= 4 is 16.7 Å². The second kappa shape index (κ2) is 5.96. The Balaban J connectivity index is 1.84. The average Bonchev–Trinajstić information content (AvgIpc) is 2.53. The number of carbonyl (C=O) groups excluding carboxylic acids is 1. The summed E-state index contributed by atoms with van der Waals surface area (Å²) in [6, 6.07) is 14.2. The van der Waals surface area contributed by atoms with E-state index in [1.54, 1.807) is 0 Å². The van der Waals surface area contributed by atoms with Crippen molar-refractivity contribution in [1.82, 2.24) is 4.90 Å². The zero-order valence-corrected chi connectivity index (χ0v) is 13.2. The van der Waals surface area contributed by atoms with E-state index >= 15 is 0 Å². The number of allylic oxidation sites excluding steroid dienone is 1. The van der Waals surface area contributed by atoms with E-state index in [1.807, 2.05) is 41.3 Å². The maximum absolute atomic E-state index is 12.8. The minimum absolute atomic E-state index is 0.153. The van der Waals surface area contributed by atoms with Crippen LogP contribution in [0.25, 0.3) is 10.8 Å². The van der Waals surface area contributed by atoms with Crippen molar-refractivity contribution in [3.63, 3.8) is 0 Å². The van der Waals surface area contributed by atoms with E-state index in [9.17, 15) is 4.79 Å². The van der Waals surface area contributed by atoms with Crippen LogP contribution in [0.1, 0.15) is 36.5 Å². The van der Waals surface area contributed by atoms with E-state index in [1.165, 1.54) is 11.8 Å². The van der Waals surface area contributed by atoms with Gasteiger partial charge in [-0.05, 0) is 47.6 Å². The molecule has 1 aliphatic heterocycles. The van der Waals surface area contributed by atoms with Crippen molar-refractivity contribution in [1.29, 1.82) is 0 Å². The summed E-state index contributed by atoms with van der Waals surface area (Å²) >= 11 is 0. The van der Waals surface area contributed by atoms with Gasteiger partial charge >= 0.3 is 0 Å². The van der Waals surface area contributed by atoms with Crippen LogP contribution in [0, 0.1) is 5.41 Å². The van der Waals surface area contributed by atoms with Gasteiger partial charge in [0, 0.05) is 18.7 Å². The molecular weight excluding hydrogens is 270 g/mol. The zero-order valence-electron chi connectivity index (χ0n) is 13.2. The molecule has 2 aromatic carbocycles. The topological polar surface area (TPSA) is 20.3 Å². The van der Waals surface area contributed by atoms with Crippen molar-refractivity contribution in [2.75, 3.05) is 13.1 Å². The summed E-state index contributed by atoms with van der Waals surface area (Å²) in [4.78, 5) is 14.8. The van der Waals surface area contributed by atoms with Gasteiger partial charge in [-0.1, -0.05) is 43.3 Å². The molecular formula is C20H23NO. The maximum Gasteiger partial charge on any atom is 0.253 e. The van der Waals surface area contributed by atoms with E-state index in [0.717, 1.165) is 36.9 Å². The first-order chi connectivity index (χ1) is 10.6. The fraction of sp³-hybridized carbons (Fsp3) is 0.350. The predicted octanol–water partition coefficient (Wildman–Crippen LogP) is 4.66. The molecule has 2 aromatic rings. The third-order valence-corrected chi connectivity index (χ3v) is 4.70. The van der Waals surface area contributed by atoms with Gasteiger partial charge in [0.1, 0.15) is 0 Å². The van der Waals surface area contributed by atoms with Gasteiger partial charge in [-0.3, -0.25) is 4.79 Å². The fourth-order valence-electron chi connectivity index (χ4n) is 3.51. The van der Waals surface area contributed by atoms with E-state index in [0.29, 0.717) is 0 Å². The predicted molar refractivity (Wildman–Crippen MR) is 92.0 cm³/mol. The second-order valence-corrected chi connectivity index (χ2v) is 6.70. The molecule has 1 unspecified atom stereocenters. The molecule has 1 aliphatic rings. The van der Waals surface area contributed by atoms with E-state index < -0.39 is 0 Å². The standard InChI is InChI=1S/C20H23NO/c1-3-11-20(2)12-6-13-21(15-20)19(22)18-10-9-16-7-4-5-8-17(16)14-18/h3-5,7-10,14H,1,6,11-13,15H2,2H3. The molecule has 1 fully saturated rings. The van der Waals surface area contributed by atoms with Crippen molar-refractivity contribution in [3.05, 3.63) is 60.7 Å². The molecule has 0 bridgehead atoms. The monoisotopic (exact) mass is 293 g/mol. The van der Waals surface area contributed by atoms with Crippen LogP contribution in [0.2, 0.25) is 0 Å². The first-order valence-corrected chi connectivity index (χ1v) is 8.00. The summed E-state index contributed by atoms with van der Waals surface area (Å²) in [5.74, 6) is 0.153. The highest BCUT2D eigenvalue weighted by molar-refractivity contribution is 5.98. The second-order valence-electron chi connectivity index (χ2n) is 6.70. The highest BCUT2D eigenvalue weighted by Crippen LogP contribution is 2.33. The number of hydrogen-bond acceptors (Lipinski definition) is 1. The van der Waals surface area contributed by atoms with Crippen molar-refractivity contribution < 1.29 is 4.79 Å². The van der Waals surface area contributed by atoms with Gasteiger partial charge in [-0.2, -0.15) is 0 Å². The Morgan fingerprint density at radius 2 is 2.05 bits per heavy atom. The lowest BCUT2D eigenvalue weighted by Crippen LogP contribution is -2.44. The van der Waals surface area contributed by atoms with E-state index in [4.69, 9.17) is 0 Å². The lowest BCUT2D eigenvalue weighted by Gasteiger charge is -2.40. The number of amides is 1. The minimum atomic E-state index is 0.153. The number of nitrogens with zero attached hydrogens (tertiary/aromatic N) is 1. The molecule has 22 heavy (non-hydrogen) atoms. The largest absolute Gasteiger partial charge is 0.338 e. The molecule has 1 atom stereocenters. The summed E-state index contributed by atoms with van der Waals surface area (Å²) in [5, 5.41) is 2.30. The Hall–Kier alpha value is -2.09. The summed E-state index contributed by atoms with van der Waals surface area (Å²) in [5.41, 5.74) is 0.966. The smallest absolute Gasteiger partial charge is 0.253 e. The molecule has 1 amide bonds. The van der Waals surface area contributed by atoms with Crippen LogP contribution >= 0.6 is 0 Å². The lowest BCUT2D eigenvalue weighted by atomic mass is 9.79. The first-order valence-electron chi connectivity index (χ1n) is 8.00. The summed E-state index contributed by atoms with van der Waals surface area (Å²) in [6.07, 6.45) is 5.18. The van der Waals surface area contributed by atoms with Crippen LogP contribution in [0.15, 0.2) is 55.1 Å². The molecule has 0 aromatic heterocycles. The van der Waals surface area contributed by atoms with Crippen molar-refractivity contribution in [2.24, 2.45) is 5.41 Å². The van der Waals surface area contributed by atoms with Gasteiger partial charge in [0.2, 0.25) is 0 Å². The van der Waals surface area contributed by atoms with Gasteiger partial charge in [-0.15, -0.1) is 6.58 Å². The average molecular weight is 293 g/mol. The van der Waals surface area contributed by atoms with E-state index in [2.05, 4.69) is 25.6 Å². The lowest BCUT2D eigenvalue weighted by molar-refractivity contribution is 0.0556. The van der Waals surface area contributed by atoms with Gasteiger partial charge in [0.05, 0.1) is 0 Å². The Bertz CT molecular complexity index is 706. The van der Waals surface area contributed by atoms with Crippen LogP contribution in [-0.4, -0.2) is 23.9 Å². The minimum Gasteiger partial charge on any atom is -0.338 e. The Kier molecular flexibility index (Phi) is 4.02. The van der Waals surface area contributed by atoms with Gasteiger partial charge in [0.25, 0.3) is 5.91 Å². The van der Waals surface area contributed by atoms with E-state index in [-0.39, 0.29) is 11.3 Å². The van der Waals surface area contributed by atoms with Gasteiger partial charge in [-0.25, -0.2) is 0 Å². The third kappa shape index (κ3) is 2.92. The molecule has 0 N–H and O–H groups in total. The Labute approximate surface area is 132 Å². The number of carbonyl (C=O) groups is 1. The molecule has 3 rings (SSSR count). The normalized spacial score (nSPS) is 21.8. The molecule has 0 spiro atoms. The van der Waals surface area contributed by atoms with Crippen LogP contribution < -0.4 is 0 Å². The SMILES string of the molecule is C=CCC1(C)CCCN(C(=O)c2ccc3ccccc3c2)C1. The number of hydrogen-bond donors (Lipinski definition) is 0. The van der Waals surface area contributed by atoms with Gasteiger partial charge < -0.3 is 4.90 Å². The summed E-state index contributed by atoms with van der Waals surface area (Å²) < 4.78 is 0. The molecule has 2 heteroatoms. The number of likely N-dealkylation sites (tertiary alicyclic amines) is 1. The maximum atomic E-state index is 12.8. The Morgan fingerprint density at radius 1 is 1.27 bits per heavy atom. The molecule has 1 saturated heterocycles. The molecule has 2 nitrogen and oxygen atoms in total. The first kappa shape index (κ1) is 14.8. The number of piperidine rings is 1. The molecule has 0 aliphatic carbocycles.